The normalized spacial score (nSPS) is 14.1. The Bertz CT molecular complexity index is 952. The van der Waals surface area contributed by atoms with Crippen molar-refractivity contribution in [2.45, 2.75) is 19.6 Å². The first kappa shape index (κ1) is 16.4. The highest BCUT2D eigenvalue weighted by molar-refractivity contribution is 9.10. The molecule has 0 fully saturated rings. The highest BCUT2D eigenvalue weighted by atomic mass is 79.9. The fourth-order valence-corrected chi connectivity index (χ4v) is 3.73. The number of halogens is 3. The third-order valence-electron chi connectivity index (χ3n) is 4.43. The Balaban J connectivity index is 1.82. The van der Waals surface area contributed by atoms with Crippen molar-refractivity contribution < 1.29 is 8.78 Å². The molecule has 4 rings (SSSR count). The number of rotatable bonds is 3. The average Bonchev–Trinajstić information content (AvgIpc) is 3.07. The van der Waals surface area contributed by atoms with Crippen LogP contribution in [-0.2, 0) is 19.6 Å². The summed E-state index contributed by atoms with van der Waals surface area (Å²) in [6.07, 6.45) is 0. The summed E-state index contributed by atoms with van der Waals surface area (Å²) in [4.78, 5) is 2.15. The first-order valence-corrected chi connectivity index (χ1v) is 8.78. The average molecular weight is 404 g/mol. The van der Waals surface area contributed by atoms with E-state index < -0.39 is 0 Å². The van der Waals surface area contributed by atoms with E-state index in [1.54, 1.807) is 24.3 Å². The standard InChI is InChI=1S/C19H16BrF2N3/c1-24-10-14-18(11-24)23-25(9-12-6-7-17(22)15(20)8-12)19(14)13-4-2-3-5-16(13)21/h2-8H,9-11H2,1H3. The molecule has 1 aliphatic heterocycles. The van der Waals surface area contributed by atoms with Crippen LogP contribution < -0.4 is 0 Å². The minimum Gasteiger partial charge on any atom is -0.296 e. The Labute approximate surface area is 153 Å². The van der Waals surface area contributed by atoms with Crippen molar-refractivity contribution in [1.82, 2.24) is 14.7 Å². The molecule has 0 atom stereocenters. The zero-order valence-corrected chi connectivity index (χ0v) is 15.2. The Morgan fingerprint density at radius 3 is 2.64 bits per heavy atom. The third-order valence-corrected chi connectivity index (χ3v) is 5.03. The number of aromatic nitrogens is 2. The molecule has 0 N–H and O–H groups in total. The highest BCUT2D eigenvalue weighted by Crippen LogP contribution is 2.34. The van der Waals surface area contributed by atoms with E-state index in [2.05, 4.69) is 20.8 Å². The van der Waals surface area contributed by atoms with Crippen molar-refractivity contribution in [3.05, 3.63) is 75.4 Å². The van der Waals surface area contributed by atoms with Gasteiger partial charge in [-0.25, -0.2) is 8.78 Å². The molecule has 0 saturated carbocycles. The first-order valence-electron chi connectivity index (χ1n) is 7.99. The second-order valence-corrected chi connectivity index (χ2v) is 7.19. The number of fused-ring (bicyclic) bond motifs is 1. The van der Waals surface area contributed by atoms with E-state index in [-0.39, 0.29) is 11.6 Å². The Morgan fingerprint density at radius 2 is 1.88 bits per heavy atom. The predicted octanol–water partition coefficient (Wildman–Crippen LogP) is 4.58. The van der Waals surface area contributed by atoms with Gasteiger partial charge in [-0.1, -0.05) is 18.2 Å². The minimum absolute atomic E-state index is 0.263. The van der Waals surface area contributed by atoms with Gasteiger partial charge in [0.2, 0.25) is 0 Å². The molecule has 2 aromatic carbocycles. The molecule has 6 heteroatoms. The highest BCUT2D eigenvalue weighted by Gasteiger charge is 2.27. The van der Waals surface area contributed by atoms with Gasteiger partial charge in [0.05, 0.1) is 22.4 Å². The Morgan fingerprint density at radius 1 is 1.08 bits per heavy atom. The Kier molecular flexibility index (Phi) is 4.17. The minimum atomic E-state index is -0.303. The van der Waals surface area contributed by atoms with E-state index in [1.807, 2.05) is 17.8 Å². The number of hydrogen-bond donors (Lipinski definition) is 0. The maximum absolute atomic E-state index is 14.4. The molecule has 1 aromatic heterocycles. The summed E-state index contributed by atoms with van der Waals surface area (Å²) in [7, 11) is 2.02. The predicted molar refractivity (Wildman–Crippen MR) is 96.0 cm³/mol. The second-order valence-electron chi connectivity index (χ2n) is 6.33. The lowest BCUT2D eigenvalue weighted by atomic mass is 10.1. The van der Waals surface area contributed by atoms with E-state index in [0.29, 0.717) is 16.6 Å². The van der Waals surface area contributed by atoms with Crippen LogP contribution in [0.3, 0.4) is 0 Å². The van der Waals surface area contributed by atoms with E-state index in [0.717, 1.165) is 35.6 Å². The number of benzene rings is 2. The summed E-state index contributed by atoms with van der Waals surface area (Å²) < 4.78 is 30.2. The summed E-state index contributed by atoms with van der Waals surface area (Å²) in [6.45, 7) is 1.95. The van der Waals surface area contributed by atoms with Crippen LogP contribution in [-0.4, -0.2) is 21.7 Å². The number of hydrogen-bond acceptors (Lipinski definition) is 2. The van der Waals surface area contributed by atoms with Crippen LogP contribution in [0.1, 0.15) is 16.8 Å². The van der Waals surface area contributed by atoms with Gasteiger partial charge < -0.3 is 0 Å². The van der Waals surface area contributed by atoms with E-state index in [4.69, 9.17) is 5.10 Å². The summed E-state index contributed by atoms with van der Waals surface area (Å²) in [6, 6.07) is 11.6. The van der Waals surface area contributed by atoms with Crippen molar-refractivity contribution in [1.29, 1.82) is 0 Å². The molecular weight excluding hydrogens is 388 g/mol. The van der Waals surface area contributed by atoms with Gasteiger partial charge in [-0.05, 0) is 52.8 Å². The topological polar surface area (TPSA) is 21.1 Å². The van der Waals surface area contributed by atoms with Gasteiger partial charge in [0.15, 0.2) is 0 Å². The van der Waals surface area contributed by atoms with Crippen molar-refractivity contribution in [2.75, 3.05) is 7.05 Å². The maximum Gasteiger partial charge on any atom is 0.137 e. The molecule has 2 heterocycles. The quantitative estimate of drug-likeness (QED) is 0.637. The summed E-state index contributed by atoms with van der Waals surface area (Å²) in [5.41, 5.74) is 4.29. The third kappa shape index (κ3) is 3.00. The van der Waals surface area contributed by atoms with Crippen LogP contribution in [0, 0.1) is 11.6 Å². The van der Waals surface area contributed by atoms with Gasteiger partial charge in [-0.3, -0.25) is 9.58 Å². The second kappa shape index (κ2) is 6.35. The van der Waals surface area contributed by atoms with Gasteiger partial charge in [-0.2, -0.15) is 5.10 Å². The van der Waals surface area contributed by atoms with Crippen LogP contribution in [0.15, 0.2) is 46.9 Å². The van der Waals surface area contributed by atoms with Crippen LogP contribution in [0.5, 0.6) is 0 Å². The van der Waals surface area contributed by atoms with Crippen molar-refractivity contribution in [2.24, 2.45) is 0 Å². The molecule has 3 aromatic rings. The molecule has 128 valence electrons. The fourth-order valence-electron chi connectivity index (χ4n) is 3.30. The smallest absolute Gasteiger partial charge is 0.137 e. The van der Waals surface area contributed by atoms with Crippen LogP contribution in [0.2, 0.25) is 0 Å². The fraction of sp³-hybridized carbons (Fsp3) is 0.211. The number of nitrogens with zero attached hydrogens (tertiary/aromatic N) is 3. The molecule has 1 aliphatic rings. The van der Waals surface area contributed by atoms with Crippen LogP contribution in [0.4, 0.5) is 8.78 Å². The lowest BCUT2D eigenvalue weighted by Crippen LogP contribution is -2.13. The molecule has 0 bridgehead atoms. The molecular formula is C19H16BrF2N3. The summed E-state index contributed by atoms with van der Waals surface area (Å²) in [5, 5.41) is 4.71. The van der Waals surface area contributed by atoms with Gasteiger partial charge in [-0.15, -0.1) is 0 Å². The molecule has 25 heavy (non-hydrogen) atoms. The Hall–Kier alpha value is -2.05. The van der Waals surface area contributed by atoms with E-state index >= 15 is 0 Å². The molecule has 0 saturated heterocycles. The zero-order valence-electron chi connectivity index (χ0n) is 13.6. The molecule has 3 nitrogen and oxygen atoms in total. The SMILES string of the molecule is CN1Cc2nn(Cc3ccc(F)c(Br)c3)c(-c3ccccc3F)c2C1. The molecule has 0 radical (unpaired) electrons. The largest absolute Gasteiger partial charge is 0.296 e. The van der Waals surface area contributed by atoms with E-state index in [9.17, 15) is 8.78 Å². The summed E-state index contributed by atoms with van der Waals surface area (Å²) >= 11 is 3.22. The monoisotopic (exact) mass is 403 g/mol. The maximum atomic E-state index is 14.4. The van der Waals surface area contributed by atoms with Gasteiger partial charge in [0, 0.05) is 24.2 Å². The van der Waals surface area contributed by atoms with Crippen LogP contribution in [0.25, 0.3) is 11.3 Å². The summed E-state index contributed by atoms with van der Waals surface area (Å²) in [5.74, 6) is -0.566. The molecule has 0 spiro atoms. The molecule has 0 amide bonds. The lowest BCUT2D eigenvalue weighted by Gasteiger charge is -2.13. The van der Waals surface area contributed by atoms with E-state index in [1.165, 1.54) is 12.1 Å². The molecule has 0 aliphatic carbocycles. The van der Waals surface area contributed by atoms with Gasteiger partial charge in [0.25, 0.3) is 0 Å². The van der Waals surface area contributed by atoms with Crippen molar-refractivity contribution >= 4 is 15.9 Å². The van der Waals surface area contributed by atoms with Gasteiger partial charge in [0.1, 0.15) is 11.6 Å². The van der Waals surface area contributed by atoms with Crippen molar-refractivity contribution in [3.63, 3.8) is 0 Å². The molecule has 0 unspecified atom stereocenters. The lowest BCUT2D eigenvalue weighted by molar-refractivity contribution is 0.346. The zero-order chi connectivity index (χ0) is 17.6. The van der Waals surface area contributed by atoms with Gasteiger partial charge >= 0.3 is 0 Å². The first-order chi connectivity index (χ1) is 12.0. The van der Waals surface area contributed by atoms with Crippen molar-refractivity contribution in [3.8, 4) is 11.3 Å². The van der Waals surface area contributed by atoms with Crippen LogP contribution >= 0.6 is 15.9 Å².